The van der Waals surface area contributed by atoms with E-state index in [9.17, 15) is 4.79 Å². The van der Waals surface area contributed by atoms with E-state index in [4.69, 9.17) is 0 Å². The standard InChI is InChI=1S/C12H16INO/c1-2-10-4-6-11(7-5-10)12(15)14-9-3-8-13/h4-7H,2-3,8-9H2,1H3,(H,14,15). The molecule has 1 rings (SSSR count). The average Bonchev–Trinajstić information content (AvgIpc) is 2.29. The van der Waals surface area contributed by atoms with Crippen molar-refractivity contribution in [3.63, 3.8) is 0 Å². The third-order valence-corrected chi connectivity index (χ3v) is 2.98. The molecule has 0 fully saturated rings. The van der Waals surface area contributed by atoms with Crippen LogP contribution in [0.15, 0.2) is 24.3 Å². The van der Waals surface area contributed by atoms with Gasteiger partial charge in [0, 0.05) is 16.5 Å². The first-order chi connectivity index (χ1) is 7.27. The highest BCUT2D eigenvalue weighted by Crippen LogP contribution is 2.04. The molecule has 0 radical (unpaired) electrons. The molecular formula is C12H16INO. The van der Waals surface area contributed by atoms with Crippen LogP contribution in [0.25, 0.3) is 0 Å². The Morgan fingerprint density at radius 2 is 2.00 bits per heavy atom. The minimum atomic E-state index is 0.0301. The van der Waals surface area contributed by atoms with Gasteiger partial charge in [0.25, 0.3) is 5.91 Å². The fourth-order valence-corrected chi connectivity index (χ4v) is 1.64. The highest BCUT2D eigenvalue weighted by molar-refractivity contribution is 14.1. The topological polar surface area (TPSA) is 29.1 Å². The fraction of sp³-hybridized carbons (Fsp3) is 0.417. The minimum absolute atomic E-state index is 0.0301. The summed E-state index contributed by atoms with van der Waals surface area (Å²) in [7, 11) is 0. The predicted octanol–water partition coefficient (Wildman–Crippen LogP) is 2.80. The number of benzene rings is 1. The van der Waals surface area contributed by atoms with Crippen molar-refractivity contribution in [2.45, 2.75) is 19.8 Å². The molecule has 82 valence electrons. The van der Waals surface area contributed by atoms with Crippen molar-refractivity contribution in [1.29, 1.82) is 0 Å². The van der Waals surface area contributed by atoms with E-state index in [0.717, 1.165) is 29.4 Å². The van der Waals surface area contributed by atoms with Gasteiger partial charge in [0.15, 0.2) is 0 Å². The second-order valence-electron chi connectivity index (χ2n) is 3.35. The summed E-state index contributed by atoms with van der Waals surface area (Å²) in [5.41, 5.74) is 2.01. The summed E-state index contributed by atoms with van der Waals surface area (Å²) in [6.07, 6.45) is 2.04. The van der Waals surface area contributed by atoms with Crippen molar-refractivity contribution in [3.8, 4) is 0 Å². The van der Waals surface area contributed by atoms with Crippen molar-refractivity contribution >= 4 is 28.5 Å². The van der Waals surface area contributed by atoms with Crippen molar-refractivity contribution in [2.75, 3.05) is 11.0 Å². The van der Waals surface area contributed by atoms with Crippen LogP contribution in [0.5, 0.6) is 0 Å². The van der Waals surface area contributed by atoms with Gasteiger partial charge in [-0.15, -0.1) is 0 Å². The number of rotatable bonds is 5. The van der Waals surface area contributed by atoms with Gasteiger partial charge >= 0.3 is 0 Å². The normalized spacial score (nSPS) is 10.0. The molecule has 1 aromatic carbocycles. The van der Waals surface area contributed by atoms with Gasteiger partial charge in [0.2, 0.25) is 0 Å². The number of carbonyl (C=O) groups excluding carboxylic acids is 1. The maximum absolute atomic E-state index is 11.6. The van der Waals surface area contributed by atoms with E-state index >= 15 is 0 Å². The number of nitrogens with one attached hydrogen (secondary N) is 1. The lowest BCUT2D eigenvalue weighted by molar-refractivity contribution is 0.0954. The number of amides is 1. The van der Waals surface area contributed by atoms with Crippen LogP contribution < -0.4 is 5.32 Å². The Balaban J connectivity index is 2.50. The molecule has 0 atom stereocenters. The zero-order valence-electron chi connectivity index (χ0n) is 8.92. The summed E-state index contributed by atoms with van der Waals surface area (Å²) < 4.78 is 1.08. The second-order valence-corrected chi connectivity index (χ2v) is 4.43. The highest BCUT2D eigenvalue weighted by Gasteiger charge is 2.03. The van der Waals surface area contributed by atoms with Gasteiger partial charge in [-0.05, 0) is 30.5 Å². The van der Waals surface area contributed by atoms with E-state index in [1.54, 1.807) is 0 Å². The highest BCUT2D eigenvalue weighted by atomic mass is 127. The molecule has 1 amide bonds. The summed E-state index contributed by atoms with van der Waals surface area (Å²) >= 11 is 2.31. The number of hydrogen-bond acceptors (Lipinski definition) is 1. The molecule has 0 saturated carbocycles. The maximum Gasteiger partial charge on any atom is 0.251 e. The van der Waals surface area contributed by atoms with Crippen LogP contribution in [0.1, 0.15) is 29.3 Å². The molecule has 0 aliphatic rings. The Kier molecular flexibility index (Phi) is 5.68. The van der Waals surface area contributed by atoms with Crippen molar-refractivity contribution in [1.82, 2.24) is 5.32 Å². The van der Waals surface area contributed by atoms with Gasteiger partial charge in [-0.25, -0.2) is 0 Å². The molecule has 0 spiro atoms. The van der Waals surface area contributed by atoms with Crippen LogP contribution in [-0.2, 0) is 6.42 Å². The van der Waals surface area contributed by atoms with Gasteiger partial charge in [0.05, 0.1) is 0 Å². The Morgan fingerprint density at radius 3 is 2.53 bits per heavy atom. The molecule has 0 heterocycles. The first-order valence-electron chi connectivity index (χ1n) is 5.21. The first-order valence-corrected chi connectivity index (χ1v) is 6.73. The molecular weight excluding hydrogens is 301 g/mol. The largest absolute Gasteiger partial charge is 0.352 e. The van der Waals surface area contributed by atoms with Gasteiger partial charge in [0.1, 0.15) is 0 Å². The smallest absolute Gasteiger partial charge is 0.251 e. The van der Waals surface area contributed by atoms with E-state index in [2.05, 4.69) is 34.8 Å². The average molecular weight is 317 g/mol. The second kappa shape index (κ2) is 6.82. The molecule has 0 bridgehead atoms. The molecule has 0 aromatic heterocycles. The van der Waals surface area contributed by atoms with Gasteiger partial charge in [-0.2, -0.15) is 0 Å². The quantitative estimate of drug-likeness (QED) is 0.505. The summed E-state index contributed by atoms with van der Waals surface area (Å²) in [6.45, 7) is 2.87. The van der Waals surface area contributed by atoms with E-state index < -0.39 is 0 Å². The third kappa shape index (κ3) is 4.20. The summed E-state index contributed by atoms with van der Waals surface area (Å²) in [5, 5.41) is 2.89. The van der Waals surface area contributed by atoms with Crippen LogP contribution in [0.2, 0.25) is 0 Å². The molecule has 1 N–H and O–H groups in total. The monoisotopic (exact) mass is 317 g/mol. The zero-order chi connectivity index (χ0) is 11.1. The lowest BCUT2D eigenvalue weighted by atomic mass is 10.1. The molecule has 0 unspecified atom stereocenters. The maximum atomic E-state index is 11.6. The summed E-state index contributed by atoms with van der Waals surface area (Å²) in [5.74, 6) is 0.0301. The van der Waals surface area contributed by atoms with E-state index in [1.807, 2.05) is 24.3 Å². The van der Waals surface area contributed by atoms with Crippen LogP contribution in [0.4, 0.5) is 0 Å². The Hall–Kier alpha value is -0.580. The lowest BCUT2D eigenvalue weighted by Crippen LogP contribution is -2.24. The molecule has 0 saturated heterocycles. The minimum Gasteiger partial charge on any atom is -0.352 e. The fourth-order valence-electron chi connectivity index (χ4n) is 1.26. The van der Waals surface area contributed by atoms with E-state index in [-0.39, 0.29) is 5.91 Å². The predicted molar refractivity (Wildman–Crippen MR) is 71.7 cm³/mol. The SMILES string of the molecule is CCc1ccc(C(=O)NCCCI)cc1. The van der Waals surface area contributed by atoms with Crippen LogP contribution in [-0.4, -0.2) is 16.9 Å². The molecule has 3 heteroatoms. The van der Waals surface area contributed by atoms with Crippen LogP contribution in [0, 0.1) is 0 Å². The van der Waals surface area contributed by atoms with Gasteiger partial charge in [-0.1, -0.05) is 41.6 Å². The van der Waals surface area contributed by atoms with Crippen molar-refractivity contribution < 1.29 is 4.79 Å². The first kappa shape index (κ1) is 12.5. The van der Waals surface area contributed by atoms with Crippen molar-refractivity contribution in [3.05, 3.63) is 35.4 Å². The Morgan fingerprint density at radius 1 is 1.33 bits per heavy atom. The zero-order valence-corrected chi connectivity index (χ0v) is 11.1. The number of halogens is 1. The van der Waals surface area contributed by atoms with Crippen LogP contribution in [0.3, 0.4) is 0 Å². The summed E-state index contributed by atoms with van der Waals surface area (Å²) in [6, 6.07) is 7.79. The molecule has 0 aliphatic carbocycles. The number of carbonyl (C=O) groups is 1. The number of alkyl halides is 1. The number of hydrogen-bond donors (Lipinski definition) is 1. The van der Waals surface area contributed by atoms with Crippen molar-refractivity contribution in [2.24, 2.45) is 0 Å². The Labute approximate surface area is 105 Å². The van der Waals surface area contributed by atoms with E-state index in [1.165, 1.54) is 5.56 Å². The lowest BCUT2D eigenvalue weighted by Gasteiger charge is -2.04. The molecule has 2 nitrogen and oxygen atoms in total. The van der Waals surface area contributed by atoms with Gasteiger partial charge in [-0.3, -0.25) is 4.79 Å². The molecule has 0 aliphatic heterocycles. The molecule has 15 heavy (non-hydrogen) atoms. The van der Waals surface area contributed by atoms with E-state index in [0.29, 0.717) is 0 Å². The number of aryl methyl sites for hydroxylation is 1. The summed E-state index contributed by atoms with van der Waals surface area (Å²) in [4.78, 5) is 11.6. The van der Waals surface area contributed by atoms with Crippen LogP contribution >= 0.6 is 22.6 Å². The van der Waals surface area contributed by atoms with Gasteiger partial charge < -0.3 is 5.32 Å². The molecule has 1 aromatic rings. The third-order valence-electron chi connectivity index (χ3n) is 2.22. The Bertz CT molecular complexity index is 308.